The van der Waals surface area contributed by atoms with E-state index in [4.69, 9.17) is 11.6 Å². The van der Waals surface area contributed by atoms with Crippen molar-refractivity contribution in [2.45, 2.75) is 27.7 Å². The minimum atomic E-state index is 0.168. The quantitative estimate of drug-likeness (QED) is 0.250. The summed E-state index contributed by atoms with van der Waals surface area (Å²) in [7, 11) is 0. The fourth-order valence-corrected chi connectivity index (χ4v) is 0.517. The Bertz CT molecular complexity index is 160. The Hall–Kier alpha value is -0.770. The van der Waals surface area contributed by atoms with Gasteiger partial charge in [0.05, 0.1) is 0 Å². The van der Waals surface area contributed by atoms with Gasteiger partial charge in [-0.2, -0.15) is 0 Å². The second-order valence-corrected chi connectivity index (χ2v) is 3.99. The molecule has 0 saturated heterocycles. The summed E-state index contributed by atoms with van der Waals surface area (Å²) in [5.41, 5.74) is 7.87. The summed E-state index contributed by atoms with van der Waals surface area (Å²) in [6.07, 6.45) is 0. The molecule has 0 aromatic rings. The van der Waals surface area contributed by atoms with Crippen LogP contribution >= 0.6 is 0 Å². The zero-order valence-corrected chi connectivity index (χ0v) is 8.39. The maximum atomic E-state index is 5.39. The molecule has 5 N–H and O–H groups in total. The summed E-state index contributed by atoms with van der Waals surface area (Å²) in [6.45, 7) is 9.35. The van der Waals surface area contributed by atoms with Crippen molar-refractivity contribution in [1.29, 1.82) is 0 Å². The molecule has 0 radical (unpaired) electrons. The average Bonchev–Trinajstić information content (AvgIpc) is 2.00. The largest absolute Gasteiger partial charge is 0.369 e. The molecule has 0 aliphatic carbocycles. The predicted molar refractivity (Wildman–Crippen MR) is 52.4 cm³/mol. The van der Waals surface area contributed by atoms with Crippen LogP contribution in [0.3, 0.4) is 0 Å². The summed E-state index contributed by atoms with van der Waals surface area (Å²) in [5, 5.41) is 0. The number of aliphatic imine (C=N–C) groups is 1. The van der Waals surface area contributed by atoms with Crippen LogP contribution in [0.5, 0.6) is 0 Å². The van der Waals surface area contributed by atoms with Crippen molar-refractivity contribution < 1.29 is 0 Å². The van der Waals surface area contributed by atoms with Gasteiger partial charge in [-0.15, -0.1) is 0 Å². The molecule has 0 spiro atoms. The van der Waals surface area contributed by atoms with Crippen LogP contribution in [0.25, 0.3) is 0 Å². The van der Waals surface area contributed by atoms with Crippen LogP contribution in [-0.4, -0.2) is 12.5 Å². The number of rotatable bonds is 3. The summed E-state index contributed by atoms with van der Waals surface area (Å²) in [4.78, 5) is 4.09. The van der Waals surface area contributed by atoms with Gasteiger partial charge < -0.3 is 5.73 Å². The standard InChI is InChI=1S/C8H20N4/c1-6(2)8(3,4)5-11-7(9)12-10/h6H,5,10H2,1-4H3,(H3,9,11,12). The zero-order valence-electron chi connectivity index (χ0n) is 8.39. The first-order valence-electron chi connectivity index (χ1n) is 4.16. The number of hydrazine groups is 1. The molecule has 4 heteroatoms. The van der Waals surface area contributed by atoms with Crippen molar-refractivity contribution >= 4 is 5.96 Å². The molecule has 0 aromatic carbocycles. The van der Waals surface area contributed by atoms with Crippen LogP contribution in [-0.2, 0) is 0 Å². The van der Waals surface area contributed by atoms with E-state index >= 15 is 0 Å². The summed E-state index contributed by atoms with van der Waals surface area (Å²) in [6, 6.07) is 0. The van der Waals surface area contributed by atoms with Crippen molar-refractivity contribution in [2.75, 3.05) is 6.54 Å². The lowest BCUT2D eigenvalue weighted by Crippen LogP contribution is -2.38. The summed E-state index contributed by atoms with van der Waals surface area (Å²) < 4.78 is 0. The SMILES string of the molecule is CC(C)C(C)(C)CN=C(N)NN. The van der Waals surface area contributed by atoms with Gasteiger partial charge in [-0.05, 0) is 11.3 Å². The minimum absolute atomic E-state index is 0.168. The summed E-state index contributed by atoms with van der Waals surface area (Å²) >= 11 is 0. The Morgan fingerprint density at radius 2 is 2.00 bits per heavy atom. The minimum Gasteiger partial charge on any atom is -0.369 e. The van der Waals surface area contributed by atoms with E-state index in [9.17, 15) is 0 Å². The molecule has 0 aliphatic heterocycles. The van der Waals surface area contributed by atoms with Gasteiger partial charge in [0.25, 0.3) is 0 Å². The first-order chi connectivity index (χ1) is 5.40. The van der Waals surface area contributed by atoms with Crippen molar-refractivity contribution in [3.63, 3.8) is 0 Å². The predicted octanol–water partition coefficient (Wildman–Crippen LogP) is 0.447. The highest BCUT2D eigenvalue weighted by Crippen LogP contribution is 2.25. The Morgan fingerprint density at radius 3 is 2.33 bits per heavy atom. The number of hydrogen-bond donors (Lipinski definition) is 3. The maximum Gasteiger partial charge on any atom is 0.203 e. The van der Waals surface area contributed by atoms with Crippen LogP contribution in [0, 0.1) is 11.3 Å². The molecular formula is C8H20N4. The van der Waals surface area contributed by atoms with E-state index in [1.165, 1.54) is 0 Å². The smallest absolute Gasteiger partial charge is 0.203 e. The third kappa shape index (κ3) is 3.57. The zero-order chi connectivity index (χ0) is 9.78. The van der Waals surface area contributed by atoms with Gasteiger partial charge in [-0.25, -0.2) is 5.84 Å². The molecule has 0 unspecified atom stereocenters. The first-order valence-corrected chi connectivity index (χ1v) is 4.16. The van der Waals surface area contributed by atoms with Gasteiger partial charge in [-0.1, -0.05) is 27.7 Å². The Balaban J connectivity index is 4.08. The van der Waals surface area contributed by atoms with Crippen LogP contribution < -0.4 is 17.0 Å². The molecule has 0 rings (SSSR count). The molecule has 0 bridgehead atoms. The molecule has 0 amide bonds. The third-order valence-corrected chi connectivity index (χ3v) is 2.37. The fraction of sp³-hybridized carbons (Fsp3) is 0.875. The molecule has 0 heterocycles. The van der Waals surface area contributed by atoms with Crippen LogP contribution in [0.4, 0.5) is 0 Å². The van der Waals surface area contributed by atoms with Gasteiger partial charge in [-0.3, -0.25) is 10.4 Å². The lowest BCUT2D eigenvalue weighted by molar-refractivity contribution is 0.262. The molecule has 4 nitrogen and oxygen atoms in total. The van der Waals surface area contributed by atoms with Crippen molar-refractivity contribution in [1.82, 2.24) is 5.43 Å². The van der Waals surface area contributed by atoms with E-state index < -0.39 is 0 Å². The highest BCUT2D eigenvalue weighted by atomic mass is 15.3. The van der Waals surface area contributed by atoms with Crippen molar-refractivity contribution in [3.05, 3.63) is 0 Å². The average molecular weight is 172 g/mol. The van der Waals surface area contributed by atoms with Crippen LogP contribution in [0.1, 0.15) is 27.7 Å². The normalized spacial score (nSPS) is 13.7. The number of hydrogen-bond acceptors (Lipinski definition) is 2. The lowest BCUT2D eigenvalue weighted by atomic mass is 9.81. The van der Waals surface area contributed by atoms with E-state index in [0.29, 0.717) is 18.4 Å². The monoisotopic (exact) mass is 172 g/mol. The van der Waals surface area contributed by atoms with Gasteiger partial charge >= 0.3 is 0 Å². The maximum absolute atomic E-state index is 5.39. The second kappa shape index (κ2) is 4.30. The molecule has 0 aliphatic rings. The fourth-order valence-electron chi connectivity index (χ4n) is 0.517. The first kappa shape index (κ1) is 11.2. The van der Waals surface area contributed by atoms with E-state index in [1.54, 1.807) is 0 Å². The van der Waals surface area contributed by atoms with Crippen LogP contribution in [0.15, 0.2) is 4.99 Å². The Kier molecular flexibility index (Phi) is 4.03. The molecule has 12 heavy (non-hydrogen) atoms. The Labute approximate surface area is 74.4 Å². The molecule has 0 saturated carbocycles. The molecule has 0 atom stereocenters. The van der Waals surface area contributed by atoms with Gasteiger partial charge in [0, 0.05) is 6.54 Å². The van der Waals surface area contributed by atoms with Gasteiger partial charge in [0.2, 0.25) is 5.96 Å². The highest BCUT2D eigenvalue weighted by Gasteiger charge is 2.21. The van der Waals surface area contributed by atoms with Crippen molar-refractivity contribution in [2.24, 2.45) is 27.9 Å². The molecule has 0 aromatic heterocycles. The topological polar surface area (TPSA) is 76.4 Å². The van der Waals surface area contributed by atoms with Crippen LogP contribution in [0.2, 0.25) is 0 Å². The second-order valence-electron chi connectivity index (χ2n) is 3.99. The van der Waals surface area contributed by atoms with Gasteiger partial charge in [0.1, 0.15) is 0 Å². The van der Waals surface area contributed by atoms with Gasteiger partial charge in [0.15, 0.2) is 0 Å². The molecular weight excluding hydrogens is 152 g/mol. The van der Waals surface area contributed by atoms with Crippen molar-refractivity contribution in [3.8, 4) is 0 Å². The number of nitrogens with zero attached hydrogens (tertiary/aromatic N) is 1. The summed E-state index contributed by atoms with van der Waals surface area (Å²) in [5.74, 6) is 5.94. The van der Waals surface area contributed by atoms with E-state index in [0.717, 1.165) is 0 Å². The third-order valence-electron chi connectivity index (χ3n) is 2.37. The van der Waals surface area contributed by atoms with E-state index in [-0.39, 0.29) is 5.41 Å². The van der Waals surface area contributed by atoms with E-state index in [1.807, 2.05) is 0 Å². The number of nitrogens with two attached hydrogens (primary N) is 2. The molecule has 0 fully saturated rings. The number of guanidine groups is 1. The lowest BCUT2D eigenvalue weighted by Gasteiger charge is -2.27. The highest BCUT2D eigenvalue weighted by molar-refractivity contribution is 5.77. The molecule has 72 valence electrons. The van der Waals surface area contributed by atoms with E-state index in [2.05, 4.69) is 38.1 Å². The Morgan fingerprint density at radius 1 is 1.50 bits per heavy atom. The number of nitrogens with one attached hydrogen (secondary N) is 1.